The Morgan fingerprint density at radius 1 is 1.24 bits per heavy atom. The van der Waals surface area contributed by atoms with Crippen LogP contribution in [0.4, 0.5) is 5.69 Å². The topological polar surface area (TPSA) is 68.3 Å². The Hall–Kier alpha value is -2.88. The maximum atomic E-state index is 13.4. The van der Waals surface area contributed by atoms with Gasteiger partial charge in [-0.05, 0) is 76.2 Å². The first-order valence-corrected chi connectivity index (χ1v) is 11.2. The number of ether oxygens (including phenoxy) is 3. The van der Waals surface area contributed by atoms with Gasteiger partial charge in [0.05, 0.1) is 24.4 Å². The second-order valence-electron chi connectivity index (χ2n) is 6.73. The predicted molar refractivity (Wildman–Crippen MR) is 135 cm³/mol. The number of benzene rings is 2. The Labute approximate surface area is 210 Å². The molecule has 0 saturated carbocycles. The standard InChI is InChI=1S/C23H20BrClN2O5S/c1-4-9-32-21-17(24)10-14(12-19(21)30-2)11-18-22(29)27(16-7-5-15(25)6-8-16)23(33)26(18)13-20(28)31-3/h4-8,10-12H,1,9,13H2,2-3H3/b18-11-. The van der Waals surface area contributed by atoms with Gasteiger partial charge in [0.2, 0.25) is 0 Å². The molecule has 1 heterocycles. The van der Waals surface area contributed by atoms with Crippen LogP contribution in [0.3, 0.4) is 0 Å². The highest BCUT2D eigenvalue weighted by molar-refractivity contribution is 9.10. The van der Waals surface area contributed by atoms with Crippen molar-refractivity contribution in [1.29, 1.82) is 0 Å². The maximum absolute atomic E-state index is 13.4. The largest absolute Gasteiger partial charge is 0.493 e. The maximum Gasteiger partial charge on any atom is 0.325 e. The van der Waals surface area contributed by atoms with E-state index in [1.54, 1.807) is 48.6 Å². The molecule has 1 amide bonds. The zero-order valence-corrected chi connectivity index (χ0v) is 21.0. The number of esters is 1. The van der Waals surface area contributed by atoms with Crippen molar-refractivity contribution in [3.05, 3.63) is 69.8 Å². The number of carbonyl (C=O) groups is 2. The molecule has 2 aromatic rings. The van der Waals surface area contributed by atoms with E-state index >= 15 is 0 Å². The number of amides is 1. The number of anilines is 1. The van der Waals surface area contributed by atoms with Crippen LogP contribution in [-0.2, 0) is 14.3 Å². The summed E-state index contributed by atoms with van der Waals surface area (Å²) in [6.07, 6.45) is 3.24. The van der Waals surface area contributed by atoms with Crippen molar-refractivity contribution >= 4 is 68.5 Å². The van der Waals surface area contributed by atoms with Crippen molar-refractivity contribution in [3.63, 3.8) is 0 Å². The van der Waals surface area contributed by atoms with Crippen molar-refractivity contribution in [1.82, 2.24) is 4.90 Å². The fourth-order valence-electron chi connectivity index (χ4n) is 3.11. The second-order valence-corrected chi connectivity index (χ2v) is 8.38. The third-order valence-corrected chi connectivity index (χ3v) is 5.88. The fraction of sp³-hybridized carbons (Fsp3) is 0.174. The monoisotopic (exact) mass is 550 g/mol. The molecule has 1 fully saturated rings. The molecule has 172 valence electrons. The Kier molecular flexibility index (Phi) is 8.12. The van der Waals surface area contributed by atoms with Crippen LogP contribution in [0.1, 0.15) is 5.56 Å². The first kappa shape index (κ1) is 24.8. The molecule has 3 rings (SSSR count). The van der Waals surface area contributed by atoms with Gasteiger partial charge in [-0.25, -0.2) is 0 Å². The highest BCUT2D eigenvalue weighted by Gasteiger charge is 2.40. The molecule has 1 saturated heterocycles. The summed E-state index contributed by atoms with van der Waals surface area (Å²) in [6, 6.07) is 10.2. The average Bonchev–Trinajstić information content (AvgIpc) is 3.02. The second kappa shape index (κ2) is 10.8. The zero-order valence-electron chi connectivity index (χ0n) is 17.8. The van der Waals surface area contributed by atoms with E-state index in [1.807, 2.05) is 0 Å². The lowest BCUT2D eigenvalue weighted by molar-refractivity contribution is -0.140. The number of rotatable bonds is 8. The molecule has 0 spiro atoms. The molecule has 10 heteroatoms. The zero-order chi connectivity index (χ0) is 24.1. The van der Waals surface area contributed by atoms with E-state index in [9.17, 15) is 9.59 Å². The van der Waals surface area contributed by atoms with Crippen LogP contribution in [0.2, 0.25) is 5.02 Å². The van der Waals surface area contributed by atoms with Crippen molar-refractivity contribution in [2.45, 2.75) is 0 Å². The van der Waals surface area contributed by atoms with E-state index in [-0.39, 0.29) is 17.4 Å². The van der Waals surface area contributed by atoms with Crippen LogP contribution < -0.4 is 14.4 Å². The van der Waals surface area contributed by atoms with Crippen molar-refractivity contribution in [2.24, 2.45) is 0 Å². The summed E-state index contributed by atoms with van der Waals surface area (Å²) in [5.74, 6) is 0.0245. The number of carbonyl (C=O) groups excluding carboxylic acids is 2. The van der Waals surface area contributed by atoms with Crippen LogP contribution >= 0.6 is 39.7 Å². The third-order valence-electron chi connectivity index (χ3n) is 4.64. The summed E-state index contributed by atoms with van der Waals surface area (Å²) < 4.78 is 16.5. The van der Waals surface area contributed by atoms with Gasteiger partial charge in [0.1, 0.15) is 18.8 Å². The van der Waals surface area contributed by atoms with Crippen LogP contribution in [0.5, 0.6) is 11.5 Å². The van der Waals surface area contributed by atoms with E-state index in [0.29, 0.717) is 38.9 Å². The van der Waals surface area contributed by atoms with Crippen molar-refractivity contribution in [2.75, 3.05) is 32.3 Å². The fourth-order valence-corrected chi connectivity index (χ4v) is 4.16. The number of halogens is 2. The molecule has 0 unspecified atom stereocenters. The van der Waals surface area contributed by atoms with Crippen molar-refractivity contribution in [3.8, 4) is 11.5 Å². The van der Waals surface area contributed by atoms with Crippen LogP contribution in [0.25, 0.3) is 6.08 Å². The Morgan fingerprint density at radius 2 is 1.94 bits per heavy atom. The van der Waals surface area contributed by atoms with Crippen LogP contribution in [-0.4, -0.2) is 49.3 Å². The summed E-state index contributed by atoms with van der Waals surface area (Å²) in [6.45, 7) is 3.71. The normalized spacial score (nSPS) is 14.6. The number of thiocarbonyl (C=S) groups is 1. The SMILES string of the molecule is C=CCOc1c(Br)cc(/C=C2/C(=O)N(c3ccc(Cl)cc3)C(=S)N2CC(=O)OC)cc1OC. The van der Waals surface area contributed by atoms with E-state index < -0.39 is 11.9 Å². The number of nitrogens with zero attached hydrogens (tertiary/aromatic N) is 2. The van der Waals surface area contributed by atoms with Gasteiger partial charge in [-0.2, -0.15) is 0 Å². The van der Waals surface area contributed by atoms with Gasteiger partial charge in [-0.3, -0.25) is 14.5 Å². The molecule has 33 heavy (non-hydrogen) atoms. The van der Waals surface area contributed by atoms with Gasteiger partial charge in [-0.1, -0.05) is 24.3 Å². The molecular formula is C23H20BrClN2O5S. The molecule has 7 nitrogen and oxygen atoms in total. The lowest BCUT2D eigenvalue weighted by Crippen LogP contribution is -2.35. The van der Waals surface area contributed by atoms with Gasteiger partial charge in [0.15, 0.2) is 16.6 Å². The van der Waals surface area contributed by atoms with E-state index in [4.69, 9.17) is 38.0 Å². The third kappa shape index (κ3) is 5.38. The summed E-state index contributed by atoms with van der Waals surface area (Å²) in [5.41, 5.74) is 1.36. The van der Waals surface area contributed by atoms with Gasteiger partial charge in [0.25, 0.3) is 5.91 Å². The van der Waals surface area contributed by atoms with Gasteiger partial charge >= 0.3 is 5.97 Å². The van der Waals surface area contributed by atoms with Crippen LogP contribution in [0.15, 0.2) is 59.2 Å². The highest BCUT2D eigenvalue weighted by atomic mass is 79.9. The van der Waals surface area contributed by atoms with Gasteiger partial charge in [0, 0.05) is 5.02 Å². The molecule has 0 radical (unpaired) electrons. The Bertz CT molecular complexity index is 1140. The van der Waals surface area contributed by atoms with E-state index in [1.165, 1.54) is 24.0 Å². The quantitative estimate of drug-likeness (QED) is 0.202. The first-order chi connectivity index (χ1) is 15.8. The molecule has 1 aliphatic rings. The predicted octanol–water partition coefficient (Wildman–Crippen LogP) is 4.82. The average molecular weight is 552 g/mol. The smallest absolute Gasteiger partial charge is 0.325 e. The van der Waals surface area contributed by atoms with E-state index in [2.05, 4.69) is 22.5 Å². The van der Waals surface area contributed by atoms with E-state index in [0.717, 1.165) is 0 Å². The lowest BCUT2D eigenvalue weighted by atomic mass is 10.1. The summed E-state index contributed by atoms with van der Waals surface area (Å²) in [5, 5.41) is 0.671. The minimum atomic E-state index is -0.541. The van der Waals surface area contributed by atoms with Crippen molar-refractivity contribution < 1.29 is 23.8 Å². The molecule has 0 bridgehead atoms. The number of methoxy groups -OCH3 is 2. The summed E-state index contributed by atoms with van der Waals surface area (Å²) in [7, 11) is 2.79. The van der Waals surface area contributed by atoms with Crippen LogP contribution in [0, 0.1) is 0 Å². The number of hydrogen-bond acceptors (Lipinski definition) is 6. The van der Waals surface area contributed by atoms with Gasteiger partial charge in [-0.15, -0.1) is 0 Å². The number of hydrogen-bond donors (Lipinski definition) is 0. The molecule has 0 aliphatic carbocycles. The highest BCUT2D eigenvalue weighted by Crippen LogP contribution is 2.38. The summed E-state index contributed by atoms with van der Waals surface area (Å²) >= 11 is 15.0. The molecule has 1 aliphatic heterocycles. The Balaban J connectivity index is 2.07. The minimum absolute atomic E-state index is 0.149. The Morgan fingerprint density at radius 3 is 2.55 bits per heavy atom. The minimum Gasteiger partial charge on any atom is -0.493 e. The lowest BCUT2D eigenvalue weighted by Gasteiger charge is -2.19. The van der Waals surface area contributed by atoms with Gasteiger partial charge < -0.3 is 19.1 Å². The molecule has 0 atom stereocenters. The molecule has 0 aromatic heterocycles. The molecule has 2 aromatic carbocycles. The first-order valence-electron chi connectivity index (χ1n) is 9.62. The molecule has 0 N–H and O–H groups in total. The summed E-state index contributed by atoms with van der Waals surface area (Å²) in [4.78, 5) is 28.2. The molecular weight excluding hydrogens is 532 g/mol.